The largest absolute Gasteiger partial charge is 0.486 e. The molecule has 5 aromatic rings. The lowest BCUT2D eigenvalue weighted by molar-refractivity contribution is 0.0943. The fraction of sp³-hybridized carbons (Fsp3) is 0.161. The summed E-state index contributed by atoms with van der Waals surface area (Å²) in [5.41, 5.74) is 5.86. The lowest BCUT2D eigenvalue weighted by Crippen LogP contribution is -2.29. The fourth-order valence-corrected chi connectivity index (χ4v) is 4.28. The Morgan fingerprint density at radius 1 is 0.861 bits per heavy atom. The Kier molecular flexibility index (Phi) is 6.80. The number of hydrogen-bond donors (Lipinski definition) is 1. The van der Waals surface area contributed by atoms with Crippen LogP contribution in [0.15, 0.2) is 103 Å². The molecule has 0 atom stereocenters. The van der Waals surface area contributed by atoms with Gasteiger partial charge in [0.25, 0.3) is 5.91 Å². The topological polar surface area (TPSA) is 56.1 Å². The molecule has 0 saturated carbocycles. The summed E-state index contributed by atoms with van der Waals surface area (Å²) in [7, 11) is 0. The van der Waals surface area contributed by atoms with Crippen LogP contribution in [0.25, 0.3) is 22.2 Å². The Morgan fingerprint density at radius 2 is 1.58 bits per heavy atom. The smallest absolute Gasteiger partial charge is 0.251 e. The van der Waals surface area contributed by atoms with Crippen LogP contribution >= 0.6 is 0 Å². The van der Waals surface area contributed by atoms with Gasteiger partial charge in [-0.15, -0.1) is 0 Å². The third-order valence-electron chi connectivity index (χ3n) is 6.00. The summed E-state index contributed by atoms with van der Waals surface area (Å²) in [4.78, 5) is 17.5. The molecule has 5 rings (SSSR count). The third kappa shape index (κ3) is 5.31. The summed E-state index contributed by atoms with van der Waals surface area (Å²) in [6.45, 7) is 4.87. The molecule has 4 aromatic carbocycles. The fourth-order valence-electron chi connectivity index (χ4n) is 4.28. The molecule has 5 nitrogen and oxygen atoms in total. The first-order chi connectivity index (χ1) is 17.6. The highest BCUT2D eigenvalue weighted by atomic mass is 16.5. The molecule has 0 aliphatic rings. The highest BCUT2D eigenvalue weighted by Crippen LogP contribution is 2.24. The molecule has 0 unspecified atom stereocenters. The van der Waals surface area contributed by atoms with E-state index in [2.05, 4.69) is 58.4 Å². The van der Waals surface area contributed by atoms with Crippen molar-refractivity contribution in [2.75, 3.05) is 0 Å². The van der Waals surface area contributed by atoms with Crippen LogP contribution in [0.2, 0.25) is 0 Å². The number of rotatable bonds is 8. The molecule has 0 fully saturated rings. The Morgan fingerprint density at radius 3 is 2.33 bits per heavy atom. The molecule has 0 spiro atoms. The highest BCUT2D eigenvalue weighted by molar-refractivity contribution is 5.97. The van der Waals surface area contributed by atoms with E-state index in [0.29, 0.717) is 18.7 Å². The minimum atomic E-state index is -0.0981. The number of imidazole rings is 1. The first-order valence-electron chi connectivity index (χ1n) is 12.2. The van der Waals surface area contributed by atoms with Crippen LogP contribution in [-0.4, -0.2) is 21.5 Å². The zero-order valence-electron chi connectivity index (χ0n) is 20.5. The van der Waals surface area contributed by atoms with E-state index >= 15 is 0 Å². The van der Waals surface area contributed by atoms with Crippen LogP contribution in [0, 0.1) is 0 Å². The predicted octanol–water partition coefficient (Wildman–Crippen LogP) is 6.47. The number of carbonyl (C=O) groups excluding carboxylic acids is 1. The Hall–Kier alpha value is -4.38. The molecule has 0 aliphatic heterocycles. The standard InChI is InChI=1S/C31H29N3O2/c1-22(2)32-31(35)26-16-17-29-28(19-26)33-30(21-36-27-14-7-4-8-15-27)34(29)20-23-10-9-13-25(18-23)24-11-5-3-6-12-24/h3-19,22H,20-21H2,1-2H3,(H,32,35). The maximum Gasteiger partial charge on any atom is 0.251 e. The van der Waals surface area contributed by atoms with E-state index in [9.17, 15) is 4.79 Å². The Balaban J connectivity index is 1.50. The van der Waals surface area contributed by atoms with Crippen molar-refractivity contribution in [2.24, 2.45) is 0 Å². The van der Waals surface area contributed by atoms with Crippen molar-refractivity contribution in [3.63, 3.8) is 0 Å². The zero-order chi connectivity index (χ0) is 24.9. The van der Waals surface area contributed by atoms with Gasteiger partial charge in [0.1, 0.15) is 18.2 Å². The van der Waals surface area contributed by atoms with Gasteiger partial charge >= 0.3 is 0 Å². The minimum absolute atomic E-state index is 0.0671. The molecule has 1 aromatic heterocycles. The van der Waals surface area contributed by atoms with Crippen LogP contribution in [0.1, 0.15) is 35.6 Å². The van der Waals surface area contributed by atoms with Crippen LogP contribution in [0.5, 0.6) is 5.75 Å². The van der Waals surface area contributed by atoms with Crippen LogP contribution in [-0.2, 0) is 13.2 Å². The number of nitrogens with zero attached hydrogens (tertiary/aromatic N) is 2. The van der Waals surface area contributed by atoms with Gasteiger partial charge in [-0.1, -0.05) is 66.7 Å². The van der Waals surface area contributed by atoms with Gasteiger partial charge in [0.15, 0.2) is 0 Å². The normalized spacial score (nSPS) is 11.1. The first-order valence-corrected chi connectivity index (χ1v) is 12.2. The van der Waals surface area contributed by atoms with Gasteiger partial charge in [0.05, 0.1) is 11.0 Å². The lowest BCUT2D eigenvalue weighted by atomic mass is 10.0. The first kappa shape index (κ1) is 23.4. The number of ether oxygens (including phenoxy) is 1. The molecule has 0 aliphatic carbocycles. The molecule has 36 heavy (non-hydrogen) atoms. The Labute approximate surface area is 211 Å². The summed E-state index contributed by atoms with van der Waals surface area (Å²) in [5, 5.41) is 2.96. The van der Waals surface area contributed by atoms with Crippen molar-refractivity contribution in [2.45, 2.75) is 33.0 Å². The molecular weight excluding hydrogens is 446 g/mol. The summed E-state index contributed by atoms with van der Waals surface area (Å²) >= 11 is 0. The number of carbonyl (C=O) groups is 1. The second-order valence-corrected chi connectivity index (χ2v) is 9.11. The number of nitrogens with one attached hydrogen (secondary N) is 1. The molecule has 0 saturated heterocycles. The molecule has 0 bridgehead atoms. The zero-order valence-corrected chi connectivity index (χ0v) is 20.5. The molecule has 1 heterocycles. The van der Waals surface area contributed by atoms with Crippen molar-refractivity contribution < 1.29 is 9.53 Å². The van der Waals surface area contributed by atoms with E-state index in [1.165, 1.54) is 16.7 Å². The SMILES string of the molecule is CC(C)NC(=O)c1ccc2c(c1)nc(COc1ccccc1)n2Cc1cccc(-c2ccccc2)c1. The summed E-state index contributed by atoms with van der Waals surface area (Å²) in [6, 6.07) is 34.4. The average molecular weight is 476 g/mol. The van der Waals surface area contributed by atoms with Gasteiger partial charge in [-0.25, -0.2) is 4.98 Å². The van der Waals surface area contributed by atoms with Crippen molar-refractivity contribution >= 4 is 16.9 Å². The van der Waals surface area contributed by atoms with E-state index < -0.39 is 0 Å². The molecular formula is C31H29N3O2. The van der Waals surface area contributed by atoms with E-state index in [4.69, 9.17) is 9.72 Å². The second kappa shape index (κ2) is 10.5. The van der Waals surface area contributed by atoms with Crippen LogP contribution in [0.3, 0.4) is 0 Å². The maximum atomic E-state index is 12.6. The number of hydrogen-bond acceptors (Lipinski definition) is 3. The minimum Gasteiger partial charge on any atom is -0.486 e. The molecule has 180 valence electrons. The molecule has 1 N–H and O–H groups in total. The van der Waals surface area contributed by atoms with Crippen molar-refractivity contribution in [1.82, 2.24) is 14.9 Å². The number of benzene rings is 4. The van der Waals surface area contributed by atoms with Gasteiger partial charge < -0.3 is 14.6 Å². The van der Waals surface area contributed by atoms with Crippen LogP contribution < -0.4 is 10.1 Å². The van der Waals surface area contributed by atoms with E-state index in [-0.39, 0.29) is 11.9 Å². The lowest BCUT2D eigenvalue weighted by Gasteiger charge is -2.12. The quantitative estimate of drug-likeness (QED) is 0.280. The predicted molar refractivity (Wildman–Crippen MR) is 144 cm³/mol. The summed E-state index contributed by atoms with van der Waals surface area (Å²) in [5.74, 6) is 1.50. The van der Waals surface area contributed by atoms with Gasteiger partial charge in [-0.3, -0.25) is 4.79 Å². The van der Waals surface area contributed by atoms with Gasteiger partial charge in [-0.2, -0.15) is 0 Å². The number of para-hydroxylation sites is 1. The van der Waals surface area contributed by atoms with Gasteiger partial charge in [0, 0.05) is 18.2 Å². The summed E-state index contributed by atoms with van der Waals surface area (Å²) < 4.78 is 8.23. The van der Waals surface area contributed by atoms with E-state index in [1.807, 2.05) is 68.4 Å². The Bertz CT molecular complexity index is 1470. The summed E-state index contributed by atoms with van der Waals surface area (Å²) in [6.07, 6.45) is 0. The van der Waals surface area contributed by atoms with Crippen molar-refractivity contribution in [3.05, 3.63) is 120 Å². The highest BCUT2D eigenvalue weighted by Gasteiger charge is 2.15. The third-order valence-corrected chi connectivity index (χ3v) is 6.00. The number of amides is 1. The average Bonchev–Trinajstić information content (AvgIpc) is 3.24. The second-order valence-electron chi connectivity index (χ2n) is 9.11. The molecule has 5 heteroatoms. The monoisotopic (exact) mass is 475 g/mol. The molecule has 0 radical (unpaired) electrons. The number of fused-ring (bicyclic) bond motifs is 1. The van der Waals surface area contributed by atoms with Crippen molar-refractivity contribution in [1.29, 1.82) is 0 Å². The van der Waals surface area contributed by atoms with Gasteiger partial charge in [0.2, 0.25) is 0 Å². The maximum absolute atomic E-state index is 12.6. The van der Waals surface area contributed by atoms with E-state index in [0.717, 1.165) is 22.6 Å². The van der Waals surface area contributed by atoms with Gasteiger partial charge in [-0.05, 0) is 66.9 Å². The van der Waals surface area contributed by atoms with Crippen molar-refractivity contribution in [3.8, 4) is 16.9 Å². The number of aromatic nitrogens is 2. The van der Waals surface area contributed by atoms with Crippen LogP contribution in [0.4, 0.5) is 0 Å². The molecule has 1 amide bonds. The van der Waals surface area contributed by atoms with E-state index in [1.54, 1.807) is 0 Å².